The maximum absolute atomic E-state index is 12.5. The summed E-state index contributed by atoms with van der Waals surface area (Å²) < 4.78 is 0. The number of benzene rings is 1. The molecule has 0 bridgehead atoms. The van der Waals surface area contributed by atoms with Crippen molar-refractivity contribution < 1.29 is 4.79 Å². The number of nitrogens with one attached hydrogen (secondary N) is 1. The second-order valence-electron chi connectivity index (χ2n) is 5.67. The first-order valence-electron chi connectivity index (χ1n) is 6.72. The van der Waals surface area contributed by atoms with Crippen LogP contribution >= 0.6 is 24.2 Å². The lowest BCUT2D eigenvalue weighted by molar-refractivity contribution is -0.124. The lowest BCUT2D eigenvalue weighted by Crippen LogP contribution is -2.56. The average molecular weight is 315 g/mol. The van der Waals surface area contributed by atoms with Crippen LogP contribution in [0.25, 0.3) is 0 Å². The molecular formula is C15H23ClN2OS. The molecule has 1 heterocycles. The van der Waals surface area contributed by atoms with Crippen LogP contribution in [0.5, 0.6) is 0 Å². The van der Waals surface area contributed by atoms with Crippen molar-refractivity contribution in [2.75, 3.05) is 12.3 Å². The highest BCUT2D eigenvalue weighted by atomic mass is 35.5. The number of carbonyl (C=O) groups excluding carboxylic acids is 1. The Labute approximate surface area is 131 Å². The smallest absolute Gasteiger partial charge is 0.228 e. The van der Waals surface area contributed by atoms with E-state index in [1.54, 1.807) is 11.8 Å². The van der Waals surface area contributed by atoms with E-state index in [1.165, 1.54) is 4.90 Å². The van der Waals surface area contributed by atoms with Crippen molar-refractivity contribution >= 4 is 30.1 Å². The quantitative estimate of drug-likeness (QED) is 0.898. The first-order valence-corrected chi connectivity index (χ1v) is 7.70. The van der Waals surface area contributed by atoms with E-state index in [-0.39, 0.29) is 29.8 Å². The monoisotopic (exact) mass is 314 g/mol. The molecule has 0 aromatic heterocycles. The van der Waals surface area contributed by atoms with Crippen molar-refractivity contribution in [2.24, 2.45) is 11.7 Å². The van der Waals surface area contributed by atoms with Crippen LogP contribution in [0.3, 0.4) is 0 Å². The van der Waals surface area contributed by atoms with Gasteiger partial charge in [0.25, 0.3) is 0 Å². The van der Waals surface area contributed by atoms with Crippen molar-refractivity contribution in [3.63, 3.8) is 0 Å². The number of halogens is 1. The van der Waals surface area contributed by atoms with Gasteiger partial charge in [0.15, 0.2) is 0 Å². The third-order valence-corrected chi connectivity index (χ3v) is 5.31. The molecule has 20 heavy (non-hydrogen) atoms. The molecule has 0 radical (unpaired) electrons. The highest BCUT2D eigenvalue weighted by molar-refractivity contribution is 7.99. The van der Waals surface area contributed by atoms with E-state index in [2.05, 4.69) is 31.3 Å². The predicted molar refractivity (Wildman–Crippen MR) is 87.6 cm³/mol. The first kappa shape index (κ1) is 17.3. The van der Waals surface area contributed by atoms with Crippen LogP contribution in [0.15, 0.2) is 29.2 Å². The summed E-state index contributed by atoms with van der Waals surface area (Å²) in [7, 11) is 0. The van der Waals surface area contributed by atoms with Crippen LogP contribution < -0.4 is 11.1 Å². The molecule has 2 unspecified atom stereocenters. The van der Waals surface area contributed by atoms with Crippen molar-refractivity contribution in [3.05, 3.63) is 29.8 Å². The zero-order valence-electron chi connectivity index (χ0n) is 12.2. The van der Waals surface area contributed by atoms with E-state index in [1.807, 2.05) is 19.1 Å². The Bertz CT molecular complexity index is 481. The van der Waals surface area contributed by atoms with Crippen LogP contribution in [0.2, 0.25) is 0 Å². The highest BCUT2D eigenvalue weighted by Gasteiger charge is 2.34. The largest absolute Gasteiger partial charge is 0.349 e. The zero-order valence-corrected chi connectivity index (χ0v) is 13.8. The number of thioether (sulfide) groups is 1. The average Bonchev–Trinajstić information content (AvgIpc) is 2.82. The van der Waals surface area contributed by atoms with Gasteiger partial charge in [0, 0.05) is 17.2 Å². The molecule has 112 valence electrons. The van der Waals surface area contributed by atoms with Crippen molar-refractivity contribution in [1.82, 2.24) is 5.32 Å². The number of hydrogen-bond donors (Lipinski definition) is 2. The second kappa shape index (κ2) is 6.83. The van der Waals surface area contributed by atoms with Gasteiger partial charge in [-0.05, 0) is 24.5 Å². The lowest BCUT2D eigenvalue weighted by atomic mass is 9.87. The molecule has 0 spiro atoms. The summed E-state index contributed by atoms with van der Waals surface area (Å²) in [5.41, 5.74) is 6.64. The van der Waals surface area contributed by atoms with Crippen LogP contribution in [0.1, 0.15) is 32.3 Å². The van der Waals surface area contributed by atoms with E-state index in [4.69, 9.17) is 5.73 Å². The SMILES string of the molecule is CC(C)C(C)(CN)NC(=O)C1CSc2ccccc21.Cl. The molecule has 0 aliphatic carbocycles. The minimum absolute atomic E-state index is 0. The Morgan fingerprint density at radius 2 is 2.15 bits per heavy atom. The summed E-state index contributed by atoms with van der Waals surface area (Å²) in [6.45, 7) is 6.65. The summed E-state index contributed by atoms with van der Waals surface area (Å²) >= 11 is 1.75. The zero-order chi connectivity index (χ0) is 14.0. The molecule has 2 atom stereocenters. The molecule has 1 aromatic rings. The standard InChI is InChI=1S/C15H22N2OS.ClH/c1-10(2)15(3,9-16)17-14(18)12-8-19-13-7-5-4-6-11(12)13;/h4-7,10,12H,8-9,16H2,1-3H3,(H,17,18);1H. The number of nitrogens with two attached hydrogens (primary N) is 1. The topological polar surface area (TPSA) is 55.1 Å². The molecule has 1 aliphatic heterocycles. The van der Waals surface area contributed by atoms with Crippen molar-refractivity contribution in [2.45, 2.75) is 37.1 Å². The molecule has 0 saturated carbocycles. The predicted octanol–water partition coefficient (Wildman–Crippen LogP) is 2.79. The van der Waals surface area contributed by atoms with Crippen LogP contribution in [0, 0.1) is 5.92 Å². The Balaban J connectivity index is 0.00000200. The van der Waals surface area contributed by atoms with E-state index in [0.717, 1.165) is 11.3 Å². The molecule has 1 aliphatic rings. The highest BCUT2D eigenvalue weighted by Crippen LogP contribution is 2.39. The minimum Gasteiger partial charge on any atom is -0.349 e. The lowest BCUT2D eigenvalue weighted by Gasteiger charge is -2.34. The van der Waals surface area contributed by atoms with Gasteiger partial charge >= 0.3 is 0 Å². The number of carbonyl (C=O) groups is 1. The fraction of sp³-hybridized carbons (Fsp3) is 0.533. The molecule has 1 aromatic carbocycles. The number of hydrogen-bond acceptors (Lipinski definition) is 3. The first-order chi connectivity index (χ1) is 8.98. The minimum atomic E-state index is -0.334. The molecule has 3 nitrogen and oxygen atoms in total. The van der Waals surface area contributed by atoms with Crippen LogP contribution in [-0.2, 0) is 4.79 Å². The molecular weight excluding hydrogens is 292 g/mol. The summed E-state index contributed by atoms with van der Waals surface area (Å²) in [5, 5.41) is 3.15. The normalized spacial score (nSPS) is 19.9. The molecule has 0 fully saturated rings. The third-order valence-electron chi connectivity index (χ3n) is 4.12. The van der Waals surface area contributed by atoms with E-state index in [0.29, 0.717) is 12.5 Å². The van der Waals surface area contributed by atoms with Gasteiger partial charge in [0.1, 0.15) is 0 Å². The third kappa shape index (κ3) is 3.30. The van der Waals surface area contributed by atoms with Gasteiger partial charge < -0.3 is 11.1 Å². The molecule has 0 saturated heterocycles. The molecule has 2 rings (SSSR count). The van der Waals surface area contributed by atoms with Gasteiger partial charge in [-0.1, -0.05) is 32.0 Å². The van der Waals surface area contributed by atoms with E-state index >= 15 is 0 Å². The maximum Gasteiger partial charge on any atom is 0.228 e. The van der Waals surface area contributed by atoms with E-state index < -0.39 is 0 Å². The van der Waals surface area contributed by atoms with Gasteiger partial charge in [0.2, 0.25) is 5.91 Å². The molecule has 5 heteroatoms. The summed E-state index contributed by atoms with van der Waals surface area (Å²) in [5.74, 6) is 1.18. The molecule has 1 amide bonds. The van der Waals surface area contributed by atoms with Crippen LogP contribution in [0.4, 0.5) is 0 Å². The van der Waals surface area contributed by atoms with E-state index in [9.17, 15) is 4.79 Å². The number of rotatable bonds is 4. The molecule has 3 N–H and O–H groups in total. The fourth-order valence-corrected chi connectivity index (χ4v) is 3.41. The Morgan fingerprint density at radius 1 is 1.50 bits per heavy atom. The summed E-state index contributed by atoms with van der Waals surface area (Å²) in [4.78, 5) is 13.7. The van der Waals surface area contributed by atoms with Crippen molar-refractivity contribution in [3.8, 4) is 0 Å². The van der Waals surface area contributed by atoms with Gasteiger partial charge in [-0.25, -0.2) is 0 Å². The Hall–Kier alpha value is -0.710. The fourth-order valence-electron chi connectivity index (χ4n) is 2.18. The van der Waals surface area contributed by atoms with Gasteiger partial charge in [-0.15, -0.1) is 24.2 Å². The van der Waals surface area contributed by atoms with Gasteiger partial charge in [0.05, 0.1) is 11.5 Å². The van der Waals surface area contributed by atoms with Gasteiger partial charge in [-0.3, -0.25) is 4.79 Å². The van der Waals surface area contributed by atoms with Gasteiger partial charge in [-0.2, -0.15) is 0 Å². The number of amides is 1. The van der Waals surface area contributed by atoms with Crippen molar-refractivity contribution in [1.29, 1.82) is 0 Å². The van der Waals surface area contributed by atoms with Crippen LogP contribution in [-0.4, -0.2) is 23.7 Å². The Morgan fingerprint density at radius 3 is 2.75 bits per heavy atom. The Kier molecular flexibility index (Phi) is 5.92. The maximum atomic E-state index is 12.5. The summed E-state index contributed by atoms with van der Waals surface area (Å²) in [6, 6.07) is 8.15. The second-order valence-corrected chi connectivity index (χ2v) is 6.73. The number of fused-ring (bicyclic) bond motifs is 1. The summed E-state index contributed by atoms with van der Waals surface area (Å²) in [6.07, 6.45) is 0.